The van der Waals surface area contributed by atoms with Crippen molar-refractivity contribution in [3.63, 3.8) is 0 Å². The van der Waals surface area contributed by atoms with Crippen molar-refractivity contribution < 1.29 is 22.9 Å². The molecule has 0 fully saturated rings. The molecule has 0 aliphatic rings. The highest BCUT2D eigenvalue weighted by Gasteiger charge is 2.26. The van der Waals surface area contributed by atoms with E-state index in [1.54, 1.807) is 24.3 Å². The van der Waals surface area contributed by atoms with Crippen LogP contribution in [-0.2, 0) is 40.1 Å². The maximum Gasteiger partial charge on any atom is 0.269 e. The fourth-order valence-corrected chi connectivity index (χ4v) is 4.89. The number of carbonyl (C=O) groups is 1. The van der Waals surface area contributed by atoms with Crippen molar-refractivity contribution in [1.29, 1.82) is 0 Å². The number of hydrogen-bond donors (Lipinski definition) is 3. The number of carbonyl (C=O) groups excluding carboxylic acids is 1. The van der Waals surface area contributed by atoms with Gasteiger partial charge < -0.3 is 10.4 Å². The zero-order valence-corrected chi connectivity index (χ0v) is 21.1. The van der Waals surface area contributed by atoms with Crippen molar-refractivity contribution in [2.45, 2.75) is 52.0 Å². The summed E-state index contributed by atoms with van der Waals surface area (Å²) in [6, 6.07) is 14.3. The number of nitrogens with zero attached hydrogens (tertiary/aromatic N) is 1. The van der Waals surface area contributed by atoms with Gasteiger partial charge in [0.15, 0.2) is 0 Å². The molecular formula is C25H30N2O5S2. The minimum Gasteiger partial charge on any atom is -0.392 e. The summed E-state index contributed by atoms with van der Waals surface area (Å²) in [5.41, 5.74) is 3.61. The second kappa shape index (κ2) is 10.8. The van der Waals surface area contributed by atoms with E-state index in [1.807, 2.05) is 50.4 Å². The smallest absolute Gasteiger partial charge is 0.269 e. The van der Waals surface area contributed by atoms with Gasteiger partial charge in [0.1, 0.15) is 10.8 Å². The molecule has 0 aliphatic heterocycles. The molecule has 3 N–H and O–H groups in total. The maximum atomic E-state index is 12.8. The summed E-state index contributed by atoms with van der Waals surface area (Å²) in [5, 5.41) is 15.2. The number of benzene rings is 2. The first-order valence-corrected chi connectivity index (χ1v) is 13.4. The van der Waals surface area contributed by atoms with Crippen LogP contribution in [0.25, 0.3) is 0 Å². The molecule has 0 bridgehead atoms. The van der Waals surface area contributed by atoms with Gasteiger partial charge in [-0.25, -0.2) is 4.98 Å². The minimum atomic E-state index is -4.10. The second-order valence-electron chi connectivity index (χ2n) is 9.35. The third-order valence-corrected chi connectivity index (χ3v) is 6.93. The van der Waals surface area contributed by atoms with E-state index in [9.17, 15) is 18.3 Å². The number of hydrogen-bond acceptors (Lipinski definition) is 6. The molecule has 1 heterocycles. The SMILES string of the molecule is CC(C)(C)C(=O)N[C@@H](Cc1ccc(CS(=O)(=O)O)cc1)c1nc(Cc2cccc(CO)c2)cs1. The maximum absolute atomic E-state index is 12.8. The van der Waals surface area contributed by atoms with Crippen LogP contribution in [0.15, 0.2) is 53.9 Å². The molecule has 7 nitrogen and oxygen atoms in total. The Bertz CT molecular complexity index is 1230. The Balaban J connectivity index is 1.81. The van der Waals surface area contributed by atoms with Crippen LogP contribution < -0.4 is 5.32 Å². The van der Waals surface area contributed by atoms with Crippen LogP contribution >= 0.6 is 11.3 Å². The van der Waals surface area contributed by atoms with Crippen LogP contribution in [-0.4, -0.2) is 29.0 Å². The third kappa shape index (κ3) is 7.73. The number of aliphatic hydroxyl groups is 1. The average molecular weight is 503 g/mol. The van der Waals surface area contributed by atoms with Crippen LogP contribution in [0.4, 0.5) is 0 Å². The lowest BCUT2D eigenvalue weighted by Crippen LogP contribution is -2.38. The van der Waals surface area contributed by atoms with Crippen molar-refractivity contribution in [1.82, 2.24) is 10.3 Å². The Morgan fingerprint density at radius 2 is 1.71 bits per heavy atom. The molecule has 0 spiro atoms. The van der Waals surface area contributed by atoms with Crippen molar-refractivity contribution in [3.05, 3.63) is 86.9 Å². The van der Waals surface area contributed by atoms with Gasteiger partial charge in [0.25, 0.3) is 10.1 Å². The predicted molar refractivity (Wildman–Crippen MR) is 133 cm³/mol. The van der Waals surface area contributed by atoms with Crippen molar-refractivity contribution in [2.24, 2.45) is 5.41 Å². The van der Waals surface area contributed by atoms with Gasteiger partial charge in [-0.15, -0.1) is 11.3 Å². The van der Waals surface area contributed by atoms with Crippen LogP contribution in [0.3, 0.4) is 0 Å². The minimum absolute atomic E-state index is 0.0138. The molecule has 1 amide bonds. The van der Waals surface area contributed by atoms with Gasteiger partial charge >= 0.3 is 0 Å². The van der Waals surface area contributed by atoms with E-state index in [4.69, 9.17) is 9.54 Å². The molecule has 0 saturated carbocycles. The lowest BCUT2D eigenvalue weighted by atomic mass is 9.94. The lowest BCUT2D eigenvalue weighted by Gasteiger charge is -2.23. The number of nitrogens with one attached hydrogen (secondary N) is 1. The molecule has 0 radical (unpaired) electrons. The fraction of sp³-hybridized carbons (Fsp3) is 0.360. The van der Waals surface area contributed by atoms with E-state index in [0.29, 0.717) is 18.4 Å². The van der Waals surface area contributed by atoms with E-state index in [0.717, 1.165) is 27.4 Å². The van der Waals surface area contributed by atoms with Crippen LogP contribution in [0.2, 0.25) is 0 Å². The summed E-state index contributed by atoms with van der Waals surface area (Å²) >= 11 is 1.48. The molecular weight excluding hydrogens is 472 g/mol. The van der Waals surface area contributed by atoms with Crippen molar-refractivity contribution in [2.75, 3.05) is 0 Å². The average Bonchev–Trinajstić information content (AvgIpc) is 3.21. The zero-order chi connectivity index (χ0) is 24.9. The van der Waals surface area contributed by atoms with E-state index < -0.39 is 21.3 Å². The zero-order valence-electron chi connectivity index (χ0n) is 19.5. The summed E-state index contributed by atoms with van der Waals surface area (Å²) in [7, 11) is -4.10. The Hall–Kier alpha value is -2.59. The summed E-state index contributed by atoms with van der Waals surface area (Å²) in [6.07, 6.45) is 1.11. The summed E-state index contributed by atoms with van der Waals surface area (Å²) < 4.78 is 31.3. The Morgan fingerprint density at radius 1 is 1.06 bits per heavy atom. The number of aliphatic hydroxyl groups excluding tert-OH is 1. The largest absolute Gasteiger partial charge is 0.392 e. The van der Waals surface area contributed by atoms with Crippen LogP contribution in [0, 0.1) is 5.41 Å². The van der Waals surface area contributed by atoms with E-state index in [-0.39, 0.29) is 18.6 Å². The van der Waals surface area contributed by atoms with E-state index in [2.05, 4.69) is 5.32 Å². The Labute approximate surface area is 204 Å². The number of aromatic nitrogens is 1. The quantitative estimate of drug-likeness (QED) is 0.380. The van der Waals surface area contributed by atoms with Crippen LogP contribution in [0.1, 0.15) is 59.8 Å². The molecule has 3 rings (SSSR count). The molecule has 1 aromatic heterocycles. The van der Waals surface area contributed by atoms with Gasteiger partial charge in [-0.2, -0.15) is 8.42 Å². The van der Waals surface area contributed by atoms with E-state index in [1.165, 1.54) is 11.3 Å². The van der Waals surface area contributed by atoms with Gasteiger partial charge in [0, 0.05) is 17.2 Å². The molecule has 0 unspecified atom stereocenters. The molecule has 34 heavy (non-hydrogen) atoms. The van der Waals surface area contributed by atoms with Crippen molar-refractivity contribution >= 4 is 27.4 Å². The molecule has 1 atom stereocenters. The van der Waals surface area contributed by atoms with E-state index >= 15 is 0 Å². The molecule has 9 heteroatoms. The van der Waals surface area contributed by atoms with Gasteiger partial charge in [-0.1, -0.05) is 69.3 Å². The summed E-state index contributed by atoms with van der Waals surface area (Å²) in [6.45, 7) is 5.54. The second-order valence-corrected chi connectivity index (χ2v) is 11.7. The topological polar surface area (TPSA) is 117 Å². The number of amides is 1. The fourth-order valence-electron chi connectivity index (χ4n) is 3.40. The Morgan fingerprint density at radius 3 is 2.32 bits per heavy atom. The molecule has 0 saturated heterocycles. The predicted octanol–water partition coefficient (Wildman–Crippen LogP) is 4.06. The van der Waals surface area contributed by atoms with Gasteiger partial charge in [0.05, 0.1) is 18.3 Å². The first-order chi connectivity index (χ1) is 15.9. The van der Waals surface area contributed by atoms with Gasteiger partial charge in [-0.05, 0) is 28.7 Å². The molecule has 0 aliphatic carbocycles. The standard InChI is InChI=1S/C25H30N2O5S2/c1-25(2,3)24(29)27-22(13-17-7-9-18(10-8-17)16-34(30,31)32)23-26-21(15-33-23)12-19-5-4-6-20(11-19)14-28/h4-11,15,22,28H,12-14,16H2,1-3H3,(H,27,29)(H,30,31,32)/t22-/m0/s1. The van der Waals surface area contributed by atoms with Crippen molar-refractivity contribution in [3.8, 4) is 0 Å². The van der Waals surface area contributed by atoms with Gasteiger partial charge in [0.2, 0.25) is 5.91 Å². The normalized spacial score (nSPS) is 13.0. The highest BCUT2D eigenvalue weighted by molar-refractivity contribution is 7.85. The lowest BCUT2D eigenvalue weighted by molar-refractivity contribution is -0.129. The highest BCUT2D eigenvalue weighted by Crippen LogP contribution is 2.26. The molecule has 182 valence electrons. The molecule has 3 aromatic rings. The van der Waals surface area contributed by atoms with Crippen LogP contribution in [0.5, 0.6) is 0 Å². The number of rotatable bonds is 9. The first kappa shape index (κ1) is 26.0. The monoisotopic (exact) mass is 502 g/mol. The number of thiazole rings is 1. The third-order valence-electron chi connectivity index (χ3n) is 5.23. The summed E-state index contributed by atoms with van der Waals surface area (Å²) in [4.78, 5) is 17.6. The first-order valence-electron chi connectivity index (χ1n) is 10.9. The van der Waals surface area contributed by atoms with Gasteiger partial charge in [-0.3, -0.25) is 9.35 Å². The highest BCUT2D eigenvalue weighted by atomic mass is 32.2. The summed E-state index contributed by atoms with van der Waals surface area (Å²) in [5.74, 6) is -0.530. The molecule has 2 aromatic carbocycles. The Kier molecular flexibility index (Phi) is 8.25.